The molecule has 0 radical (unpaired) electrons. The number of benzene rings is 7. The van der Waals surface area contributed by atoms with Gasteiger partial charge in [-0.3, -0.25) is 0 Å². The molecule has 50 heavy (non-hydrogen) atoms. The van der Waals surface area contributed by atoms with E-state index in [2.05, 4.69) is 111 Å². The molecule has 5 heteroatoms. The molecule has 9 rings (SSSR count). The molecule has 9 aromatic rings. The predicted molar refractivity (Wildman–Crippen MR) is 202 cm³/mol. The minimum Gasteiger partial charge on any atom is -0.309 e. The quantitative estimate of drug-likeness (QED) is 0.181. The van der Waals surface area contributed by atoms with E-state index in [1.807, 2.05) is 54.6 Å². The van der Waals surface area contributed by atoms with Crippen LogP contribution < -0.4 is 0 Å². The molecule has 0 N–H and O–H groups in total. The van der Waals surface area contributed by atoms with Crippen LogP contribution in [0.3, 0.4) is 0 Å². The first-order valence-corrected chi connectivity index (χ1v) is 16.3. The SMILES string of the molecule is [C-]#[N+]c1cc(C#N)c(-n2c3ccccc3c3cc(C#N)ccc32)cc1-c1cccc(-c2ccccc2-n2c3ccccc3c3ccccc32)c1. The Morgan fingerprint density at radius 3 is 1.66 bits per heavy atom. The molecule has 0 unspecified atom stereocenters. The van der Waals surface area contributed by atoms with Gasteiger partial charge >= 0.3 is 0 Å². The summed E-state index contributed by atoms with van der Waals surface area (Å²) in [6.07, 6.45) is 0. The lowest BCUT2D eigenvalue weighted by Gasteiger charge is -2.16. The summed E-state index contributed by atoms with van der Waals surface area (Å²) in [5, 5.41) is 24.3. The number of fused-ring (bicyclic) bond motifs is 6. The van der Waals surface area contributed by atoms with E-state index in [0.29, 0.717) is 22.5 Å². The summed E-state index contributed by atoms with van der Waals surface area (Å²) < 4.78 is 4.40. The third-order valence-electron chi connectivity index (χ3n) is 9.61. The highest BCUT2D eigenvalue weighted by molar-refractivity contribution is 6.11. The van der Waals surface area contributed by atoms with Crippen LogP contribution in [0.25, 0.3) is 82.1 Å². The number of para-hydroxylation sites is 4. The molecule has 7 aromatic carbocycles. The van der Waals surface area contributed by atoms with Crippen LogP contribution in [0.1, 0.15) is 11.1 Å². The standard InChI is InChI=1S/C45H25N5/c1-48-39-25-32(28-47)45(50-43-20-9-5-16-36(43)38-23-29(27-46)21-22-44(38)50)26-37(39)31-12-10-11-30(24-31)33-13-2-6-17-40(33)49-41-18-7-3-14-34(41)35-15-4-8-19-42(35)49/h2-26H. The van der Waals surface area contributed by atoms with E-state index in [4.69, 9.17) is 6.57 Å². The fourth-order valence-electron chi connectivity index (χ4n) is 7.43. The Hall–Kier alpha value is -7.39. The van der Waals surface area contributed by atoms with Crippen LogP contribution in [0.5, 0.6) is 0 Å². The second-order valence-corrected chi connectivity index (χ2v) is 12.3. The minimum absolute atomic E-state index is 0.402. The smallest absolute Gasteiger partial charge is 0.196 e. The Morgan fingerprint density at radius 2 is 1.02 bits per heavy atom. The van der Waals surface area contributed by atoms with Crippen molar-refractivity contribution in [3.05, 3.63) is 174 Å². The molecule has 5 nitrogen and oxygen atoms in total. The monoisotopic (exact) mass is 635 g/mol. The first-order chi connectivity index (χ1) is 24.7. The van der Waals surface area contributed by atoms with Gasteiger partial charge in [-0.15, -0.1) is 0 Å². The fraction of sp³-hybridized carbons (Fsp3) is 0. The normalized spacial score (nSPS) is 11.1. The van der Waals surface area contributed by atoms with Gasteiger partial charge in [0, 0.05) is 27.1 Å². The highest BCUT2D eigenvalue weighted by Crippen LogP contribution is 2.41. The largest absolute Gasteiger partial charge is 0.309 e. The number of nitriles is 2. The van der Waals surface area contributed by atoms with Crippen molar-refractivity contribution in [1.29, 1.82) is 10.5 Å². The number of hydrogen-bond donors (Lipinski definition) is 0. The van der Waals surface area contributed by atoms with Gasteiger partial charge in [-0.2, -0.15) is 10.5 Å². The van der Waals surface area contributed by atoms with Gasteiger partial charge in [-0.05, 0) is 77.4 Å². The molecule has 0 saturated heterocycles. The molecule has 0 aliphatic carbocycles. The van der Waals surface area contributed by atoms with Gasteiger partial charge in [-0.1, -0.05) is 91.0 Å². The molecule has 2 heterocycles. The Bertz CT molecular complexity index is 2920. The van der Waals surface area contributed by atoms with Crippen molar-refractivity contribution in [2.45, 2.75) is 0 Å². The summed E-state index contributed by atoms with van der Waals surface area (Å²) in [4.78, 5) is 3.90. The molecular formula is C45H25N5. The summed E-state index contributed by atoms with van der Waals surface area (Å²) in [6, 6.07) is 55.6. The number of hydrogen-bond acceptors (Lipinski definition) is 2. The number of rotatable bonds is 4. The summed E-state index contributed by atoms with van der Waals surface area (Å²) in [5.74, 6) is 0. The fourth-order valence-corrected chi connectivity index (χ4v) is 7.43. The Balaban J connectivity index is 1.26. The molecule has 0 aliphatic heterocycles. The van der Waals surface area contributed by atoms with Gasteiger partial charge in [-0.25, -0.2) is 4.85 Å². The minimum atomic E-state index is 0.402. The number of aromatic nitrogens is 2. The van der Waals surface area contributed by atoms with Crippen LogP contribution in [0.4, 0.5) is 5.69 Å². The molecule has 0 aliphatic rings. The van der Waals surface area contributed by atoms with Crippen LogP contribution in [-0.4, -0.2) is 9.13 Å². The van der Waals surface area contributed by atoms with Crippen molar-refractivity contribution in [2.75, 3.05) is 0 Å². The Labute approximate surface area is 288 Å². The zero-order valence-electron chi connectivity index (χ0n) is 26.7. The van der Waals surface area contributed by atoms with E-state index in [0.717, 1.165) is 60.8 Å². The van der Waals surface area contributed by atoms with E-state index in [-0.39, 0.29) is 0 Å². The zero-order chi connectivity index (χ0) is 33.8. The zero-order valence-corrected chi connectivity index (χ0v) is 26.7. The molecule has 2 aromatic heterocycles. The van der Waals surface area contributed by atoms with Crippen LogP contribution in [0, 0.1) is 29.2 Å². The van der Waals surface area contributed by atoms with Crippen molar-refractivity contribution in [3.8, 4) is 45.8 Å². The second kappa shape index (κ2) is 11.4. The second-order valence-electron chi connectivity index (χ2n) is 12.3. The molecule has 0 spiro atoms. The van der Waals surface area contributed by atoms with Crippen LogP contribution in [0.2, 0.25) is 0 Å². The van der Waals surface area contributed by atoms with E-state index in [1.54, 1.807) is 12.1 Å². The Kier molecular flexibility index (Phi) is 6.56. The van der Waals surface area contributed by atoms with Gasteiger partial charge in [0.1, 0.15) is 0 Å². The summed E-state index contributed by atoms with van der Waals surface area (Å²) in [5.41, 5.74) is 10.9. The summed E-state index contributed by atoms with van der Waals surface area (Å²) in [7, 11) is 0. The topological polar surface area (TPSA) is 61.8 Å². The van der Waals surface area contributed by atoms with Crippen LogP contribution in [-0.2, 0) is 0 Å². The average molecular weight is 636 g/mol. The van der Waals surface area contributed by atoms with E-state index >= 15 is 0 Å². The van der Waals surface area contributed by atoms with Gasteiger partial charge in [0.25, 0.3) is 0 Å². The van der Waals surface area contributed by atoms with Crippen LogP contribution in [0.15, 0.2) is 152 Å². The third kappa shape index (κ3) is 4.31. The molecule has 0 saturated carbocycles. The van der Waals surface area contributed by atoms with Gasteiger partial charge in [0.05, 0.1) is 63.3 Å². The van der Waals surface area contributed by atoms with Crippen molar-refractivity contribution >= 4 is 49.3 Å². The first-order valence-electron chi connectivity index (χ1n) is 16.3. The van der Waals surface area contributed by atoms with Crippen LogP contribution >= 0.6 is 0 Å². The lowest BCUT2D eigenvalue weighted by Crippen LogP contribution is -1.99. The molecule has 0 atom stereocenters. The molecular weight excluding hydrogens is 611 g/mol. The molecule has 0 fully saturated rings. The Morgan fingerprint density at radius 1 is 0.460 bits per heavy atom. The maximum atomic E-state index is 10.4. The summed E-state index contributed by atoms with van der Waals surface area (Å²) >= 11 is 0. The highest BCUT2D eigenvalue weighted by atomic mass is 15.0. The number of nitrogens with zero attached hydrogens (tertiary/aromatic N) is 5. The maximum Gasteiger partial charge on any atom is 0.196 e. The third-order valence-corrected chi connectivity index (χ3v) is 9.61. The van der Waals surface area contributed by atoms with E-state index in [1.165, 1.54) is 10.8 Å². The molecule has 230 valence electrons. The summed E-state index contributed by atoms with van der Waals surface area (Å²) in [6.45, 7) is 8.13. The lowest BCUT2D eigenvalue weighted by atomic mass is 9.95. The van der Waals surface area contributed by atoms with Gasteiger partial charge < -0.3 is 9.13 Å². The first kappa shape index (κ1) is 28.8. The van der Waals surface area contributed by atoms with Gasteiger partial charge in [0.2, 0.25) is 0 Å². The lowest BCUT2D eigenvalue weighted by molar-refractivity contribution is 1.17. The van der Waals surface area contributed by atoms with Crippen molar-refractivity contribution in [2.24, 2.45) is 0 Å². The van der Waals surface area contributed by atoms with Crippen molar-refractivity contribution < 1.29 is 0 Å². The van der Waals surface area contributed by atoms with E-state index in [9.17, 15) is 10.5 Å². The molecule has 0 amide bonds. The van der Waals surface area contributed by atoms with E-state index < -0.39 is 0 Å². The molecule has 0 bridgehead atoms. The van der Waals surface area contributed by atoms with Crippen molar-refractivity contribution in [1.82, 2.24) is 9.13 Å². The predicted octanol–water partition coefficient (Wildman–Crippen LogP) is 11.5. The maximum absolute atomic E-state index is 10.4. The van der Waals surface area contributed by atoms with Crippen molar-refractivity contribution in [3.63, 3.8) is 0 Å². The highest BCUT2D eigenvalue weighted by Gasteiger charge is 2.20. The average Bonchev–Trinajstić information content (AvgIpc) is 3.70. The van der Waals surface area contributed by atoms with Gasteiger partial charge in [0.15, 0.2) is 5.69 Å².